The number of ether oxygens (including phenoxy) is 4. The Labute approximate surface area is 231 Å². The van der Waals surface area contributed by atoms with E-state index in [-0.39, 0.29) is 37.6 Å². The average molecular weight is 556 g/mol. The molecule has 0 aliphatic carbocycles. The summed E-state index contributed by atoms with van der Waals surface area (Å²) in [5.41, 5.74) is 1.10. The van der Waals surface area contributed by atoms with Crippen LogP contribution in [-0.4, -0.2) is 74.3 Å². The van der Waals surface area contributed by atoms with Crippen LogP contribution in [0.4, 0.5) is 5.69 Å². The molecule has 0 bridgehead atoms. The SMILES string of the molecule is COC(=O)C1C(C)=NC(C)=C(C(=O)OCCNCC(O)COc2ccc(OC)cc2)C1c1cccc([N+](=O)[O-])c1. The van der Waals surface area contributed by atoms with Crippen molar-refractivity contribution >= 4 is 23.3 Å². The largest absolute Gasteiger partial charge is 0.497 e. The van der Waals surface area contributed by atoms with Gasteiger partial charge in [-0.3, -0.25) is 19.9 Å². The number of hydrogen-bond donors (Lipinski definition) is 2. The molecule has 0 saturated heterocycles. The van der Waals surface area contributed by atoms with Crippen LogP contribution < -0.4 is 14.8 Å². The number of nitro groups is 1. The van der Waals surface area contributed by atoms with Crippen LogP contribution in [-0.2, 0) is 19.1 Å². The van der Waals surface area contributed by atoms with Gasteiger partial charge in [-0.2, -0.15) is 0 Å². The second kappa shape index (κ2) is 14.2. The van der Waals surface area contributed by atoms with Gasteiger partial charge in [-0.25, -0.2) is 4.79 Å². The van der Waals surface area contributed by atoms with Crippen LogP contribution >= 0.6 is 0 Å². The van der Waals surface area contributed by atoms with E-state index in [1.807, 2.05) is 0 Å². The molecule has 0 aromatic heterocycles. The third-order valence-electron chi connectivity index (χ3n) is 6.34. The molecule has 40 heavy (non-hydrogen) atoms. The maximum Gasteiger partial charge on any atom is 0.336 e. The number of nitrogens with one attached hydrogen (secondary N) is 1. The minimum atomic E-state index is -0.961. The van der Waals surface area contributed by atoms with Crippen molar-refractivity contribution in [2.45, 2.75) is 25.9 Å². The van der Waals surface area contributed by atoms with E-state index in [2.05, 4.69) is 10.3 Å². The van der Waals surface area contributed by atoms with E-state index in [1.54, 1.807) is 51.3 Å². The van der Waals surface area contributed by atoms with Crippen LogP contribution in [0.1, 0.15) is 25.3 Å². The van der Waals surface area contributed by atoms with E-state index >= 15 is 0 Å². The third-order valence-corrected chi connectivity index (χ3v) is 6.34. The van der Waals surface area contributed by atoms with E-state index < -0.39 is 34.8 Å². The maximum atomic E-state index is 13.2. The minimum absolute atomic E-state index is 0.0328. The second-order valence-electron chi connectivity index (χ2n) is 9.06. The number of carbonyl (C=O) groups is 2. The van der Waals surface area contributed by atoms with Crippen LogP contribution in [0.5, 0.6) is 11.5 Å². The van der Waals surface area contributed by atoms with Crippen LogP contribution in [0.15, 0.2) is 64.8 Å². The van der Waals surface area contributed by atoms with Gasteiger partial charge < -0.3 is 29.4 Å². The molecule has 2 aromatic carbocycles. The summed E-state index contributed by atoms with van der Waals surface area (Å²) in [6.45, 7) is 3.72. The van der Waals surface area contributed by atoms with Crippen molar-refractivity contribution in [3.8, 4) is 11.5 Å². The van der Waals surface area contributed by atoms with E-state index in [1.165, 1.54) is 25.3 Å². The van der Waals surface area contributed by atoms with Gasteiger partial charge in [-0.1, -0.05) is 12.1 Å². The first-order valence-corrected chi connectivity index (χ1v) is 12.6. The number of methoxy groups -OCH3 is 2. The number of esters is 2. The normalized spacial score (nSPS) is 17.5. The molecule has 1 aliphatic heterocycles. The molecule has 0 fully saturated rings. The molecule has 0 radical (unpaired) electrons. The molecule has 1 heterocycles. The van der Waals surface area contributed by atoms with E-state index in [0.717, 1.165) is 0 Å². The second-order valence-corrected chi connectivity index (χ2v) is 9.06. The first-order chi connectivity index (χ1) is 19.2. The molecule has 3 atom stereocenters. The van der Waals surface area contributed by atoms with Crippen LogP contribution in [0.3, 0.4) is 0 Å². The number of aliphatic hydroxyl groups is 1. The Balaban J connectivity index is 1.61. The Kier molecular flexibility index (Phi) is 10.7. The first kappa shape index (κ1) is 30.3. The average Bonchev–Trinajstić information content (AvgIpc) is 2.95. The molecule has 0 spiro atoms. The Morgan fingerprint density at radius 3 is 2.48 bits per heavy atom. The van der Waals surface area contributed by atoms with Gasteiger partial charge in [0.1, 0.15) is 36.7 Å². The van der Waals surface area contributed by atoms with Gasteiger partial charge in [0.25, 0.3) is 5.69 Å². The van der Waals surface area contributed by atoms with Crippen LogP contribution in [0.25, 0.3) is 0 Å². The lowest BCUT2D eigenvalue weighted by Gasteiger charge is -2.31. The molecule has 1 aliphatic rings. The van der Waals surface area contributed by atoms with Crippen molar-refractivity contribution in [3.63, 3.8) is 0 Å². The molecular weight excluding hydrogens is 522 g/mol. The summed E-state index contributed by atoms with van der Waals surface area (Å²) >= 11 is 0. The number of hydrogen-bond acceptors (Lipinski definition) is 11. The third kappa shape index (κ3) is 7.64. The lowest BCUT2D eigenvalue weighted by Crippen LogP contribution is -2.37. The summed E-state index contributed by atoms with van der Waals surface area (Å²) in [6, 6.07) is 12.7. The molecule has 12 nitrogen and oxygen atoms in total. The highest BCUT2D eigenvalue weighted by atomic mass is 16.6. The number of rotatable bonds is 13. The van der Waals surface area contributed by atoms with E-state index in [9.17, 15) is 24.8 Å². The van der Waals surface area contributed by atoms with Crippen molar-refractivity contribution in [2.24, 2.45) is 10.9 Å². The lowest BCUT2D eigenvalue weighted by atomic mass is 9.75. The molecule has 214 valence electrons. The Bertz CT molecular complexity index is 1270. The standard InChI is InChI=1S/C28H33N3O9/c1-17-24(27(33)38-4)26(19-6-5-7-20(14-19)31(35)36)25(18(2)30-17)28(34)39-13-12-29-15-21(32)16-40-23-10-8-22(37-3)9-11-23/h5-11,14,21,24,26,29,32H,12-13,15-16H2,1-4H3. The number of nitro benzene ring substituents is 1. The predicted molar refractivity (Wildman–Crippen MR) is 145 cm³/mol. The zero-order valence-corrected chi connectivity index (χ0v) is 22.8. The van der Waals surface area contributed by atoms with Gasteiger partial charge in [0.15, 0.2) is 0 Å². The summed E-state index contributed by atoms with van der Waals surface area (Å²) in [5.74, 6) is -1.89. The molecule has 12 heteroatoms. The summed E-state index contributed by atoms with van der Waals surface area (Å²) < 4.78 is 21.1. The number of nitrogens with zero attached hydrogens (tertiary/aromatic N) is 2. The summed E-state index contributed by atoms with van der Waals surface area (Å²) in [5, 5.41) is 24.6. The van der Waals surface area contributed by atoms with Gasteiger partial charge in [0, 0.05) is 42.5 Å². The van der Waals surface area contributed by atoms with Crippen molar-refractivity contribution < 1.29 is 38.6 Å². The Morgan fingerprint density at radius 1 is 1.12 bits per heavy atom. The Hall–Kier alpha value is -4.29. The molecule has 3 unspecified atom stereocenters. The minimum Gasteiger partial charge on any atom is -0.497 e. The van der Waals surface area contributed by atoms with Gasteiger partial charge in [-0.05, 0) is 43.7 Å². The lowest BCUT2D eigenvalue weighted by molar-refractivity contribution is -0.384. The number of non-ortho nitro benzene ring substituents is 1. The van der Waals surface area contributed by atoms with Gasteiger partial charge in [0.05, 0.1) is 24.7 Å². The van der Waals surface area contributed by atoms with Crippen molar-refractivity contribution in [1.29, 1.82) is 0 Å². The summed E-state index contributed by atoms with van der Waals surface area (Å²) in [4.78, 5) is 41.2. The highest BCUT2D eigenvalue weighted by Crippen LogP contribution is 2.40. The molecule has 2 aromatic rings. The monoisotopic (exact) mass is 555 g/mol. The highest BCUT2D eigenvalue weighted by molar-refractivity contribution is 6.07. The molecule has 0 amide bonds. The molecule has 3 rings (SSSR count). The number of aliphatic hydroxyl groups excluding tert-OH is 1. The number of benzene rings is 2. The maximum absolute atomic E-state index is 13.2. The molecule has 2 N–H and O–H groups in total. The van der Waals surface area contributed by atoms with E-state index in [0.29, 0.717) is 28.5 Å². The smallest absolute Gasteiger partial charge is 0.336 e. The van der Waals surface area contributed by atoms with Gasteiger partial charge >= 0.3 is 11.9 Å². The van der Waals surface area contributed by atoms with Gasteiger partial charge in [-0.15, -0.1) is 0 Å². The van der Waals surface area contributed by atoms with Gasteiger partial charge in [0.2, 0.25) is 0 Å². The molecular formula is C28H33N3O9. The first-order valence-electron chi connectivity index (χ1n) is 12.6. The number of carbonyl (C=O) groups excluding carboxylic acids is 2. The summed E-state index contributed by atoms with van der Waals surface area (Å²) in [6.07, 6.45) is -0.808. The molecule has 0 saturated carbocycles. The predicted octanol–water partition coefficient (Wildman–Crippen LogP) is 2.80. The number of allylic oxidation sites excluding steroid dienone is 1. The topological polar surface area (TPSA) is 159 Å². The quantitative estimate of drug-likeness (QED) is 0.163. The van der Waals surface area contributed by atoms with E-state index in [4.69, 9.17) is 18.9 Å². The fraction of sp³-hybridized carbons (Fsp3) is 0.393. The highest BCUT2D eigenvalue weighted by Gasteiger charge is 2.42. The van der Waals surface area contributed by atoms with Crippen molar-refractivity contribution in [1.82, 2.24) is 5.32 Å². The van der Waals surface area contributed by atoms with Crippen molar-refractivity contribution in [2.75, 3.05) is 40.5 Å². The Morgan fingerprint density at radius 2 is 1.82 bits per heavy atom. The zero-order valence-electron chi connectivity index (χ0n) is 22.8. The van der Waals surface area contributed by atoms with Crippen LogP contribution in [0.2, 0.25) is 0 Å². The summed E-state index contributed by atoms with van der Waals surface area (Å²) in [7, 11) is 2.80. The fourth-order valence-electron chi connectivity index (χ4n) is 4.41. The zero-order chi connectivity index (χ0) is 29.2. The fourth-order valence-corrected chi connectivity index (χ4v) is 4.41. The number of aliphatic imine (C=N–C) groups is 1. The van der Waals surface area contributed by atoms with Crippen molar-refractivity contribution in [3.05, 3.63) is 75.5 Å². The van der Waals surface area contributed by atoms with Crippen LogP contribution in [0, 0.1) is 16.0 Å².